The van der Waals surface area contributed by atoms with Crippen molar-refractivity contribution in [2.75, 3.05) is 0 Å². The van der Waals surface area contributed by atoms with E-state index in [1.54, 1.807) is 54.1 Å². The Hall–Kier alpha value is -2.22. The number of aromatic nitrogens is 1. The Morgan fingerprint density at radius 1 is 1.11 bits per heavy atom. The number of nitrogens with two attached hydrogens (primary N) is 1. The molecule has 0 fully saturated rings. The number of nitrogens with zero attached hydrogens (tertiary/aromatic N) is 1. The van der Waals surface area contributed by atoms with Gasteiger partial charge in [0.2, 0.25) is 15.8 Å². The van der Waals surface area contributed by atoms with Gasteiger partial charge in [0.05, 0.1) is 5.69 Å². The zero-order valence-corrected chi connectivity index (χ0v) is 18.0. The van der Waals surface area contributed by atoms with Crippen LogP contribution < -0.4 is 5.14 Å². The van der Waals surface area contributed by atoms with Crippen LogP contribution in [0.2, 0.25) is 0 Å². The molecular formula is C21H21BrN2O3S. The number of aryl methyl sites for hydroxylation is 1. The van der Waals surface area contributed by atoms with Crippen molar-refractivity contribution in [1.82, 2.24) is 4.57 Å². The largest absolute Gasteiger partial charge is 0.345 e. The molecule has 28 heavy (non-hydrogen) atoms. The van der Waals surface area contributed by atoms with Crippen LogP contribution in [-0.2, 0) is 23.5 Å². The lowest BCUT2D eigenvalue weighted by molar-refractivity contribution is 0.103. The molecule has 0 saturated carbocycles. The zero-order valence-electron chi connectivity index (χ0n) is 15.6. The fraction of sp³-hybridized carbons (Fsp3) is 0.190. The van der Waals surface area contributed by atoms with Gasteiger partial charge in [-0.05, 0) is 48.4 Å². The lowest BCUT2D eigenvalue weighted by Crippen LogP contribution is -2.24. The molecule has 146 valence electrons. The summed E-state index contributed by atoms with van der Waals surface area (Å²) in [6.45, 7) is 1.88. The highest BCUT2D eigenvalue weighted by Gasteiger charge is 2.26. The monoisotopic (exact) mass is 460 g/mol. The minimum Gasteiger partial charge on any atom is -0.345 e. The van der Waals surface area contributed by atoms with E-state index >= 15 is 0 Å². The number of benzene rings is 2. The van der Waals surface area contributed by atoms with Crippen molar-refractivity contribution in [3.63, 3.8) is 0 Å². The predicted octanol–water partition coefficient (Wildman–Crippen LogP) is 3.90. The van der Waals surface area contributed by atoms with Gasteiger partial charge in [0, 0.05) is 29.2 Å². The zero-order chi connectivity index (χ0) is 20.5. The number of carbonyl (C=O) groups excluding carboxylic acids is 1. The van der Waals surface area contributed by atoms with Gasteiger partial charge in [-0.2, -0.15) is 0 Å². The van der Waals surface area contributed by atoms with Crippen LogP contribution in [0, 0.1) is 6.92 Å². The first-order chi connectivity index (χ1) is 13.2. The topological polar surface area (TPSA) is 82.2 Å². The number of ketones is 1. The number of sulfonamides is 1. The molecule has 3 aromatic rings. The van der Waals surface area contributed by atoms with E-state index < -0.39 is 15.3 Å². The number of carbonyl (C=O) groups is 1. The van der Waals surface area contributed by atoms with E-state index in [2.05, 4.69) is 15.9 Å². The van der Waals surface area contributed by atoms with Crippen molar-refractivity contribution >= 4 is 31.7 Å². The summed E-state index contributed by atoms with van der Waals surface area (Å²) in [7, 11) is -2.05. The van der Waals surface area contributed by atoms with Crippen molar-refractivity contribution < 1.29 is 13.2 Å². The second-order valence-corrected chi connectivity index (χ2v) is 9.41. The van der Waals surface area contributed by atoms with Gasteiger partial charge in [-0.15, -0.1) is 0 Å². The first-order valence-electron chi connectivity index (χ1n) is 8.70. The van der Waals surface area contributed by atoms with E-state index in [0.29, 0.717) is 16.8 Å². The highest BCUT2D eigenvalue weighted by Crippen LogP contribution is 2.26. The lowest BCUT2D eigenvalue weighted by Gasteiger charge is -2.16. The van der Waals surface area contributed by atoms with Crippen LogP contribution in [0.5, 0.6) is 0 Å². The van der Waals surface area contributed by atoms with Gasteiger partial charge in [-0.25, -0.2) is 13.6 Å². The molecule has 0 saturated heterocycles. The maximum atomic E-state index is 13.0. The molecule has 1 heterocycles. The highest BCUT2D eigenvalue weighted by atomic mass is 79.9. The fourth-order valence-electron chi connectivity index (χ4n) is 3.29. The van der Waals surface area contributed by atoms with Gasteiger partial charge in [0.1, 0.15) is 5.25 Å². The average Bonchev–Trinajstić information content (AvgIpc) is 2.99. The SMILES string of the molecule is Cc1cc(Br)ccc1C(=O)c1ccc(CC(c2ccccc2)S(N)(=O)=O)n1C. The summed E-state index contributed by atoms with van der Waals surface area (Å²) in [5.41, 5.74) is 3.33. The number of primary sulfonamides is 1. The molecule has 3 rings (SSSR count). The third kappa shape index (κ3) is 4.27. The second kappa shape index (κ2) is 8.03. The number of halogens is 1. The molecule has 1 atom stereocenters. The Labute approximate surface area is 173 Å². The van der Waals surface area contributed by atoms with E-state index in [1.807, 2.05) is 25.1 Å². The molecule has 0 bridgehead atoms. The summed E-state index contributed by atoms with van der Waals surface area (Å²) in [5.74, 6) is -0.106. The molecule has 2 aromatic carbocycles. The quantitative estimate of drug-likeness (QED) is 0.566. The van der Waals surface area contributed by atoms with Gasteiger partial charge < -0.3 is 4.57 Å². The van der Waals surface area contributed by atoms with Crippen LogP contribution in [0.3, 0.4) is 0 Å². The van der Waals surface area contributed by atoms with Crippen molar-refractivity contribution in [2.24, 2.45) is 12.2 Å². The number of hydrogen-bond acceptors (Lipinski definition) is 3. The Bertz CT molecular complexity index is 1120. The minimum absolute atomic E-state index is 0.106. The second-order valence-electron chi connectivity index (χ2n) is 6.75. The smallest absolute Gasteiger partial charge is 0.216 e. The van der Waals surface area contributed by atoms with E-state index in [0.717, 1.165) is 15.7 Å². The van der Waals surface area contributed by atoms with E-state index in [1.165, 1.54) is 0 Å². The molecule has 0 radical (unpaired) electrons. The molecule has 0 aliphatic carbocycles. The molecular weight excluding hydrogens is 440 g/mol. The maximum Gasteiger partial charge on any atom is 0.216 e. The summed E-state index contributed by atoms with van der Waals surface area (Å²) in [4.78, 5) is 13.0. The molecule has 5 nitrogen and oxygen atoms in total. The predicted molar refractivity (Wildman–Crippen MR) is 114 cm³/mol. The first kappa shape index (κ1) is 20.5. The standard InChI is InChI=1S/C21H21BrN2O3S/c1-14-12-16(22)8-10-18(14)21(25)19-11-9-17(24(19)2)13-20(28(23,26)27)15-6-4-3-5-7-15/h3-12,20H,13H2,1-2H3,(H2,23,26,27). The Kier molecular flexibility index (Phi) is 5.88. The van der Waals surface area contributed by atoms with Crippen LogP contribution in [0.15, 0.2) is 65.1 Å². The van der Waals surface area contributed by atoms with Crippen molar-refractivity contribution in [2.45, 2.75) is 18.6 Å². The van der Waals surface area contributed by atoms with Gasteiger partial charge in [0.15, 0.2) is 0 Å². The molecule has 1 unspecified atom stereocenters. The summed E-state index contributed by atoms with van der Waals surface area (Å²) in [5, 5.41) is 4.62. The van der Waals surface area contributed by atoms with Crippen LogP contribution in [0.4, 0.5) is 0 Å². The van der Waals surface area contributed by atoms with Crippen LogP contribution in [0.1, 0.15) is 38.1 Å². The van der Waals surface area contributed by atoms with Crippen molar-refractivity contribution in [3.05, 3.63) is 93.2 Å². The number of rotatable bonds is 6. The highest BCUT2D eigenvalue weighted by molar-refractivity contribution is 9.10. The molecule has 0 amide bonds. The number of hydrogen-bond donors (Lipinski definition) is 1. The van der Waals surface area contributed by atoms with Gasteiger partial charge in [-0.3, -0.25) is 4.79 Å². The van der Waals surface area contributed by atoms with Crippen molar-refractivity contribution in [1.29, 1.82) is 0 Å². The molecule has 0 aliphatic rings. The third-order valence-corrected chi connectivity index (χ3v) is 6.58. The summed E-state index contributed by atoms with van der Waals surface area (Å²) >= 11 is 3.40. The summed E-state index contributed by atoms with van der Waals surface area (Å²) in [6, 6.07) is 17.9. The third-order valence-electron chi connectivity index (χ3n) is 4.85. The average molecular weight is 461 g/mol. The lowest BCUT2D eigenvalue weighted by atomic mass is 10.0. The van der Waals surface area contributed by atoms with E-state index in [9.17, 15) is 13.2 Å². The van der Waals surface area contributed by atoms with Crippen LogP contribution in [-0.4, -0.2) is 18.8 Å². The van der Waals surface area contributed by atoms with Gasteiger partial charge in [-0.1, -0.05) is 46.3 Å². The molecule has 1 aromatic heterocycles. The molecule has 0 aliphatic heterocycles. The van der Waals surface area contributed by atoms with E-state index in [-0.39, 0.29) is 12.2 Å². The Balaban J connectivity index is 1.95. The molecule has 7 heteroatoms. The Morgan fingerprint density at radius 3 is 2.39 bits per heavy atom. The van der Waals surface area contributed by atoms with Crippen LogP contribution >= 0.6 is 15.9 Å². The van der Waals surface area contributed by atoms with Crippen LogP contribution in [0.25, 0.3) is 0 Å². The van der Waals surface area contributed by atoms with E-state index in [4.69, 9.17) is 5.14 Å². The first-order valence-corrected chi connectivity index (χ1v) is 11.1. The summed E-state index contributed by atoms with van der Waals surface area (Å²) in [6.07, 6.45) is 0.186. The normalized spacial score (nSPS) is 12.7. The molecule has 0 spiro atoms. The summed E-state index contributed by atoms with van der Waals surface area (Å²) < 4.78 is 27.0. The fourth-order valence-corrected chi connectivity index (χ4v) is 4.70. The molecule has 2 N–H and O–H groups in total. The Morgan fingerprint density at radius 2 is 1.79 bits per heavy atom. The minimum atomic E-state index is -3.81. The van der Waals surface area contributed by atoms with Crippen molar-refractivity contribution in [3.8, 4) is 0 Å². The van der Waals surface area contributed by atoms with Gasteiger partial charge in [0.25, 0.3) is 0 Å². The maximum absolute atomic E-state index is 13.0. The van der Waals surface area contributed by atoms with Gasteiger partial charge >= 0.3 is 0 Å².